The number of hydrogen-bond donors (Lipinski definition) is 1. The van der Waals surface area contributed by atoms with Crippen molar-refractivity contribution in [3.05, 3.63) is 30.1 Å². The van der Waals surface area contributed by atoms with Crippen molar-refractivity contribution in [3.8, 4) is 0 Å². The van der Waals surface area contributed by atoms with Gasteiger partial charge < -0.3 is 5.11 Å². The average molecular weight is 290 g/mol. The fourth-order valence-corrected chi connectivity index (χ4v) is 3.49. The van der Waals surface area contributed by atoms with Crippen LogP contribution >= 0.6 is 0 Å². The number of carboxylic acids is 1. The summed E-state index contributed by atoms with van der Waals surface area (Å²) in [7, 11) is 0. The van der Waals surface area contributed by atoms with Crippen LogP contribution in [0.15, 0.2) is 24.4 Å². The number of carboxylic acid groups (broad SMARTS) is 1. The van der Waals surface area contributed by atoms with Crippen molar-refractivity contribution in [2.24, 2.45) is 11.3 Å². The van der Waals surface area contributed by atoms with Crippen LogP contribution in [-0.4, -0.2) is 34.0 Å². The second-order valence-electron chi connectivity index (χ2n) is 6.41. The van der Waals surface area contributed by atoms with Crippen LogP contribution < -0.4 is 0 Å². The number of carbonyl (C=O) groups is 1. The highest BCUT2D eigenvalue weighted by Crippen LogP contribution is 2.40. The van der Waals surface area contributed by atoms with Crippen LogP contribution in [0.5, 0.6) is 0 Å². The lowest BCUT2D eigenvalue weighted by molar-refractivity contribution is -0.153. The van der Waals surface area contributed by atoms with Crippen LogP contribution in [0.3, 0.4) is 0 Å². The molecule has 116 valence electrons. The van der Waals surface area contributed by atoms with Crippen LogP contribution in [-0.2, 0) is 11.3 Å². The molecule has 0 spiro atoms. The second kappa shape index (κ2) is 7.03. The largest absolute Gasteiger partial charge is 0.481 e. The van der Waals surface area contributed by atoms with Crippen molar-refractivity contribution < 1.29 is 9.90 Å². The Kier molecular flexibility index (Phi) is 5.34. The van der Waals surface area contributed by atoms with E-state index in [9.17, 15) is 9.90 Å². The monoisotopic (exact) mass is 290 g/mol. The van der Waals surface area contributed by atoms with E-state index in [0.717, 1.165) is 44.5 Å². The predicted octanol–water partition coefficient (Wildman–Crippen LogP) is 3.18. The molecule has 0 aliphatic heterocycles. The fourth-order valence-electron chi connectivity index (χ4n) is 3.49. The van der Waals surface area contributed by atoms with Gasteiger partial charge in [0.2, 0.25) is 0 Å². The Labute approximate surface area is 127 Å². The predicted molar refractivity (Wildman–Crippen MR) is 82.9 cm³/mol. The van der Waals surface area contributed by atoms with Gasteiger partial charge in [-0.05, 0) is 37.4 Å². The van der Waals surface area contributed by atoms with E-state index in [2.05, 4.69) is 23.7 Å². The van der Waals surface area contributed by atoms with Crippen LogP contribution in [0.1, 0.15) is 45.2 Å². The van der Waals surface area contributed by atoms with Crippen molar-refractivity contribution in [1.82, 2.24) is 9.88 Å². The molecule has 2 atom stereocenters. The van der Waals surface area contributed by atoms with Gasteiger partial charge in [-0.15, -0.1) is 0 Å². The number of hydrogen-bond acceptors (Lipinski definition) is 3. The smallest absolute Gasteiger partial charge is 0.310 e. The Morgan fingerprint density at radius 1 is 1.52 bits per heavy atom. The lowest BCUT2D eigenvalue weighted by Crippen LogP contribution is -2.45. The molecule has 1 saturated carbocycles. The molecule has 1 aromatic rings. The molecule has 1 N–H and O–H groups in total. The minimum atomic E-state index is -0.631. The van der Waals surface area contributed by atoms with Crippen molar-refractivity contribution >= 4 is 5.97 Å². The van der Waals surface area contributed by atoms with Crippen LogP contribution in [0.2, 0.25) is 0 Å². The fraction of sp³-hybridized carbons (Fsp3) is 0.647. The first-order valence-electron chi connectivity index (χ1n) is 7.91. The zero-order chi connectivity index (χ0) is 15.3. The molecule has 1 heterocycles. The topological polar surface area (TPSA) is 53.4 Å². The lowest BCUT2D eigenvalue weighted by atomic mass is 9.69. The van der Waals surface area contributed by atoms with E-state index in [4.69, 9.17) is 0 Å². The number of pyridine rings is 1. The maximum Gasteiger partial charge on any atom is 0.310 e. The Balaban J connectivity index is 2.09. The Bertz CT molecular complexity index is 463. The van der Waals surface area contributed by atoms with E-state index in [1.54, 1.807) is 6.20 Å². The van der Waals surface area contributed by atoms with E-state index >= 15 is 0 Å². The number of rotatable bonds is 6. The normalized spacial score (nSPS) is 26.0. The third kappa shape index (κ3) is 4.03. The van der Waals surface area contributed by atoms with Gasteiger partial charge in [0, 0.05) is 19.3 Å². The van der Waals surface area contributed by atoms with Crippen molar-refractivity contribution in [3.63, 3.8) is 0 Å². The zero-order valence-corrected chi connectivity index (χ0v) is 13.1. The molecule has 21 heavy (non-hydrogen) atoms. The Morgan fingerprint density at radius 3 is 2.90 bits per heavy atom. The SMILES string of the molecule is CCN(Cc1ccccn1)CC1(C(=O)O)CCCC(C)C1. The Hall–Kier alpha value is -1.42. The highest BCUT2D eigenvalue weighted by Gasteiger charge is 2.42. The van der Waals surface area contributed by atoms with Gasteiger partial charge in [0.1, 0.15) is 0 Å². The molecule has 4 nitrogen and oxygen atoms in total. The summed E-state index contributed by atoms with van der Waals surface area (Å²) in [5, 5.41) is 9.77. The molecule has 1 aliphatic rings. The third-order valence-corrected chi connectivity index (χ3v) is 4.63. The quantitative estimate of drug-likeness (QED) is 0.874. The summed E-state index contributed by atoms with van der Waals surface area (Å²) in [6, 6.07) is 5.88. The van der Waals surface area contributed by atoms with E-state index in [0.29, 0.717) is 12.5 Å². The van der Waals surface area contributed by atoms with E-state index in [1.807, 2.05) is 18.2 Å². The van der Waals surface area contributed by atoms with E-state index in [1.165, 1.54) is 0 Å². The number of nitrogens with zero attached hydrogens (tertiary/aromatic N) is 2. The minimum Gasteiger partial charge on any atom is -0.481 e. The highest BCUT2D eigenvalue weighted by atomic mass is 16.4. The molecule has 2 rings (SSSR count). The van der Waals surface area contributed by atoms with Gasteiger partial charge in [-0.1, -0.05) is 32.8 Å². The molecular formula is C17H26N2O2. The molecule has 1 fully saturated rings. The molecule has 0 radical (unpaired) electrons. The van der Waals surface area contributed by atoms with Gasteiger partial charge in [0.15, 0.2) is 0 Å². The van der Waals surface area contributed by atoms with E-state index < -0.39 is 11.4 Å². The van der Waals surface area contributed by atoms with Gasteiger partial charge in [0.05, 0.1) is 11.1 Å². The standard InChI is InChI=1S/C17H26N2O2/c1-3-19(12-15-8-4-5-10-18-15)13-17(16(20)21)9-6-7-14(2)11-17/h4-5,8,10,14H,3,6-7,9,11-13H2,1-2H3,(H,20,21). The summed E-state index contributed by atoms with van der Waals surface area (Å²) in [5.74, 6) is -0.128. The summed E-state index contributed by atoms with van der Waals surface area (Å²) in [6.07, 6.45) is 5.56. The lowest BCUT2D eigenvalue weighted by Gasteiger charge is -2.39. The van der Waals surface area contributed by atoms with Gasteiger partial charge in [0.25, 0.3) is 0 Å². The molecule has 0 amide bonds. The van der Waals surface area contributed by atoms with Gasteiger partial charge in [-0.25, -0.2) is 0 Å². The molecule has 1 aliphatic carbocycles. The number of aromatic nitrogens is 1. The maximum atomic E-state index is 11.9. The molecule has 2 unspecified atom stereocenters. The Morgan fingerprint density at radius 2 is 2.33 bits per heavy atom. The molecule has 0 aromatic carbocycles. The minimum absolute atomic E-state index is 0.503. The van der Waals surface area contributed by atoms with Gasteiger partial charge >= 0.3 is 5.97 Å². The van der Waals surface area contributed by atoms with Crippen LogP contribution in [0, 0.1) is 11.3 Å². The van der Waals surface area contributed by atoms with Gasteiger partial charge in [-0.3, -0.25) is 14.7 Å². The molecule has 4 heteroatoms. The summed E-state index contributed by atoms with van der Waals surface area (Å²) < 4.78 is 0. The average Bonchev–Trinajstić information content (AvgIpc) is 2.47. The second-order valence-corrected chi connectivity index (χ2v) is 6.41. The van der Waals surface area contributed by atoms with Crippen molar-refractivity contribution in [1.29, 1.82) is 0 Å². The summed E-state index contributed by atoms with van der Waals surface area (Å²) in [6.45, 7) is 6.46. The summed E-state index contributed by atoms with van der Waals surface area (Å²) >= 11 is 0. The summed E-state index contributed by atoms with van der Waals surface area (Å²) in [4.78, 5) is 18.5. The van der Waals surface area contributed by atoms with Gasteiger partial charge in [-0.2, -0.15) is 0 Å². The van der Waals surface area contributed by atoms with Crippen LogP contribution in [0.25, 0.3) is 0 Å². The molecular weight excluding hydrogens is 264 g/mol. The first-order valence-corrected chi connectivity index (χ1v) is 7.91. The molecule has 0 bridgehead atoms. The first-order chi connectivity index (χ1) is 10.1. The van der Waals surface area contributed by atoms with Crippen LogP contribution in [0.4, 0.5) is 0 Å². The summed E-state index contributed by atoms with van der Waals surface area (Å²) in [5.41, 5.74) is 0.423. The number of aliphatic carboxylic acids is 1. The molecule has 0 saturated heterocycles. The third-order valence-electron chi connectivity index (χ3n) is 4.63. The highest BCUT2D eigenvalue weighted by molar-refractivity contribution is 5.75. The first kappa shape index (κ1) is 16.0. The van der Waals surface area contributed by atoms with E-state index in [-0.39, 0.29) is 0 Å². The zero-order valence-electron chi connectivity index (χ0n) is 13.1. The van der Waals surface area contributed by atoms with Crippen molar-refractivity contribution in [2.45, 2.75) is 46.1 Å². The maximum absolute atomic E-state index is 11.9. The van der Waals surface area contributed by atoms with Crippen molar-refractivity contribution in [2.75, 3.05) is 13.1 Å². The molecule has 1 aromatic heterocycles.